The Kier molecular flexibility index (Phi) is 2.74. The highest BCUT2D eigenvalue weighted by Gasteiger charge is 2.42. The molecule has 0 fully saturated rings. The molecule has 106 valence electrons. The molecule has 2 aliphatic heterocycles. The molecule has 2 heterocycles. The summed E-state index contributed by atoms with van der Waals surface area (Å²) in [6, 6.07) is 17.1. The quantitative estimate of drug-likeness (QED) is 0.736. The number of ether oxygens (including phenoxy) is 1. The van der Waals surface area contributed by atoms with Gasteiger partial charge < -0.3 is 4.74 Å². The van der Waals surface area contributed by atoms with Crippen LogP contribution >= 0.6 is 0 Å². The normalized spacial score (nSPS) is 22.2. The number of rotatable bonds is 0. The van der Waals surface area contributed by atoms with Crippen LogP contribution in [0.15, 0.2) is 48.5 Å². The third kappa shape index (κ3) is 1.77. The Morgan fingerprint density at radius 1 is 0.952 bits per heavy atom. The Hall–Kier alpha value is -2.29. The molecule has 21 heavy (non-hydrogen) atoms. The second kappa shape index (κ2) is 4.62. The second-order valence-electron chi connectivity index (χ2n) is 5.71. The average molecular weight is 279 g/mol. The molecule has 0 saturated carbocycles. The SMILES string of the molecule is COC(=O)N1C2Cc3ccccc3C1Cc1ccccc12. The maximum absolute atomic E-state index is 12.3. The number of carbonyl (C=O) groups excluding carboxylic acids is 1. The summed E-state index contributed by atoms with van der Waals surface area (Å²) in [5.41, 5.74) is 5.21. The van der Waals surface area contributed by atoms with Crippen molar-refractivity contribution in [3.05, 3.63) is 70.8 Å². The molecule has 0 saturated heterocycles. The minimum atomic E-state index is -0.228. The molecule has 3 nitrogen and oxygen atoms in total. The van der Waals surface area contributed by atoms with Crippen LogP contribution < -0.4 is 0 Å². The molecule has 3 heteroatoms. The number of amides is 1. The first-order chi connectivity index (χ1) is 10.3. The molecule has 0 spiro atoms. The van der Waals surface area contributed by atoms with Crippen molar-refractivity contribution in [1.82, 2.24) is 4.90 Å². The maximum Gasteiger partial charge on any atom is 0.410 e. The molecule has 4 rings (SSSR count). The minimum absolute atomic E-state index is 0.0855. The highest BCUT2D eigenvalue weighted by Crippen LogP contribution is 2.47. The van der Waals surface area contributed by atoms with Crippen LogP contribution in [0.5, 0.6) is 0 Å². The molecule has 2 aliphatic rings. The summed E-state index contributed by atoms with van der Waals surface area (Å²) in [5.74, 6) is 0. The molecule has 0 aromatic heterocycles. The van der Waals surface area contributed by atoms with Crippen molar-refractivity contribution in [2.45, 2.75) is 24.9 Å². The lowest BCUT2D eigenvalue weighted by molar-refractivity contribution is 0.0671. The van der Waals surface area contributed by atoms with E-state index in [0.717, 1.165) is 12.8 Å². The average Bonchev–Trinajstić information content (AvgIpc) is 2.54. The lowest BCUT2D eigenvalue weighted by atomic mass is 9.77. The Balaban J connectivity index is 1.90. The topological polar surface area (TPSA) is 29.5 Å². The van der Waals surface area contributed by atoms with Crippen molar-refractivity contribution in [3.8, 4) is 0 Å². The highest BCUT2D eigenvalue weighted by molar-refractivity contribution is 5.71. The third-order valence-electron chi connectivity index (χ3n) is 4.71. The number of methoxy groups -OCH3 is 1. The molecule has 1 amide bonds. The zero-order valence-corrected chi connectivity index (χ0v) is 12.0. The zero-order valence-electron chi connectivity index (χ0n) is 12.0. The van der Waals surface area contributed by atoms with Gasteiger partial charge in [0.25, 0.3) is 0 Å². The van der Waals surface area contributed by atoms with E-state index >= 15 is 0 Å². The fourth-order valence-electron chi connectivity index (χ4n) is 3.80. The van der Waals surface area contributed by atoms with Crippen LogP contribution in [-0.2, 0) is 17.6 Å². The van der Waals surface area contributed by atoms with E-state index < -0.39 is 0 Å². The van der Waals surface area contributed by atoms with Crippen molar-refractivity contribution in [2.24, 2.45) is 0 Å². The second-order valence-corrected chi connectivity index (χ2v) is 5.71. The molecule has 2 bridgehead atoms. The third-order valence-corrected chi connectivity index (χ3v) is 4.71. The van der Waals surface area contributed by atoms with Crippen LogP contribution in [0, 0.1) is 0 Å². The number of fused-ring (bicyclic) bond motifs is 6. The summed E-state index contributed by atoms with van der Waals surface area (Å²) >= 11 is 0. The van der Waals surface area contributed by atoms with Crippen LogP contribution in [0.2, 0.25) is 0 Å². The van der Waals surface area contributed by atoms with Gasteiger partial charge in [-0.25, -0.2) is 4.79 Å². The standard InChI is InChI=1S/C18H17NO2/c1-21-18(20)19-16-10-12-6-2-4-8-14(12)17(19)11-13-7-3-5-9-15(13)16/h2-9,16-17H,10-11H2,1H3. The number of benzene rings is 2. The molecule has 2 atom stereocenters. The van der Waals surface area contributed by atoms with Crippen LogP contribution in [-0.4, -0.2) is 18.1 Å². The smallest absolute Gasteiger partial charge is 0.410 e. The van der Waals surface area contributed by atoms with Gasteiger partial charge in [-0.2, -0.15) is 0 Å². The zero-order chi connectivity index (χ0) is 14.4. The van der Waals surface area contributed by atoms with Gasteiger partial charge in [-0.3, -0.25) is 4.90 Å². The van der Waals surface area contributed by atoms with E-state index in [2.05, 4.69) is 48.5 Å². The van der Waals surface area contributed by atoms with Gasteiger partial charge in [0, 0.05) is 0 Å². The van der Waals surface area contributed by atoms with Gasteiger partial charge in [-0.05, 0) is 35.1 Å². The van der Waals surface area contributed by atoms with Gasteiger partial charge in [-0.15, -0.1) is 0 Å². The molecular formula is C18H17NO2. The fraction of sp³-hybridized carbons (Fsp3) is 0.278. The van der Waals surface area contributed by atoms with E-state index in [-0.39, 0.29) is 18.2 Å². The van der Waals surface area contributed by atoms with Crippen LogP contribution in [0.25, 0.3) is 0 Å². The van der Waals surface area contributed by atoms with Gasteiger partial charge in [0.1, 0.15) is 0 Å². The van der Waals surface area contributed by atoms with Crippen molar-refractivity contribution in [2.75, 3.05) is 7.11 Å². The predicted octanol–water partition coefficient (Wildman–Crippen LogP) is 3.65. The summed E-state index contributed by atoms with van der Waals surface area (Å²) in [6.45, 7) is 0. The maximum atomic E-state index is 12.3. The van der Waals surface area contributed by atoms with Gasteiger partial charge in [-0.1, -0.05) is 48.5 Å². The number of hydrogen-bond acceptors (Lipinski definition) is 2. The van der Waals surface area contributed by atoms with Crippen LogP contribution in [0.1, 0.15) is 34.3 Å². The first kappa shape index (κ1) is 12.5. The Morgan fingerprint density at radius 2 is 1.43 bits per heavy atom. The van der Waals surface area contributed by atoms with Gasteiger partial charge in [0.2, 0.25) is 0 Å². The molecular weight excluding hydrogens is 262 g/mol. The molecule has 0 radical (unpaired) electrons. The Labute approximate surface area is 124 Å². The largest absolute Gasteiger partial charge is 0.453 e. The number of nitrogens with zero attached hydrogens (tertiary/aromatic N) is 1. The monoisotopic (exact) mass is 279 g/mol. The molecule has 0 N–H and O–H groups in total. The summed E-state index contributed by atoms with van der Waals surface area (Å²) < 4.78 is 5.04. The summed E-state index contributed by atoms with van der Waals surface area (Å²) in [6.07, 6.45) is 1.49. The first-order valence-corrected chi connectivity index (χ1v) is 7.31. The van der Waals surface area contributed by atoms with Crippen molar-refractivity contribution >= 4 is 6.09 Å². The van der Waals surface area contributed by atoms with Crippen molar-refractivity contribution in [3.63, 3.8) is 0 Å². The van der Waals surface area contributed by atoms with Crippen LogP contribution in [0.4, 0.5) is 4.79 Å². The predicted molar refractivity (Wildman–Crippen MR) is 80.0 cm³/mol. The van der Waals surface area contributed by atoms with Crippen molar-refractivity contribution < 1.29 is 9.53 Å². The van der Waals surface area contributed by atoms with E-state index in [0.29, 0.717) is 0 Å². The van der Waals surface area contributed by atoms with E-state index in [9.17, 15) is 4.79 Å². The summed E-state index contributed by atoms with van der Waals surface area (Å²) in [5, 5.41) is 0. The number of carbonyl (C=O) groups is 1. The highest BCUT2D eigenvalue weighted by atomic mass is 16.5. The first-order valence-electron chi connectivity index (χ1n) is 7.31. The molecule has 2 unspecified atom stereocenters. The lowest BCUT2D eigenvalue weighted by Gasteiger charge is -2.46. The lowest BCUT2D eigenvalue weighted by Crippen LogP contribution is -2.46. The van der Waals surface area contributed by atoms with Crippen molar-refractivity contribution in [1.29, 1.82) is 0 Å². The Bertz CT molecular complexity index is 656. The molecule has 2 aromatic carbocycles. The summed E-state index contributed by atoms with van der Waals surface area (Å²) in [4.78, 5) is 14.2. The minimum Gasteiger partial charge on any atom is -0.453 e. The van der Waals surface area contributed by atoms with Crippen LogP contribution in [0.3, 0.4) is 0 Å². The van der Waals surface area contributed by atoms with Gasteiger partial charge in [0.15, 0.2) is 0 Å². The summed E-state index contributed by atoms with van der Waals surface area (Å²) in [7, 11) is 1.46. The fourth-order valence-corrected chi connectivity index (χ4v) is 3.80. The molecule has 2 aromatic rings. The Morgan fingerprint density at radius 3 is 1.90 bits per heavy atom. The van der Waals surface area contributed by atoms with E-state index in [1.807, 2.05) is 4.90 Å². The van der Waals surface area contributed by atoms with E-state index in [1.54, 1.807) is 0 Å². The van der Waals surface area contributed by atoms with Gasteiger partial charge >= 0.3 is 6.09 Å². The van der Waals surface area contributed by atoms with Gasteiger partial charge in [0.05, 0.1) is 19.2 Å². The van der Waals surface area contributed by atoms with E-state index in [1.165, 1.54) is 29.4 Å². The van der Waals surface area contributed by atoms with E-state index in [4.69, 9.17) is 4.74 Å². The molecule has 0 aliphatic carbocycles. The number of hydrogen-bond donors (Lipinski definition) is 0.